The zero-order chi connectivity index (χ0) is 17.5. The average molecular weight is 354 g/mol. The van der Waals surface area contributed by atoms with E-state index in [0.717, 1.165) is 6.07 Å². The van der Waals surface area contributed by atoms with Crippen molar-refractivity contribution in [2.75, 3.05) is 18.0 Å². The Labute approximate surface area is 135 Å². The quantitative estimate of drug-likeness (QED) is 0.806. The molecule has 2 N–H and O–H groups in total. The highest BCUT2D eigenvalue weighted by atomic mass is 32.2. The molecule has 0 unspecified atom stereocenters. The lowest BCUT2D eigenvalue weighted by molar-refractivity contribution is -0.117. The fourth-order valence-corrected chi connectivity index (χ4v) is 3.38. The summed E-state index contributed by atoms with van der Waals surface area (Å²) in [5.41, 5.74) is -0.424. The summed E-state index contributed by atoms with van der Waals surface area (Å²) in [4.78, 5) is 19.0. The van der Waals surface area contributed by atoms with Gasteiger partial charge in [-0.3, -0.25) is 4.79 Å². The van der Waals surface area contributed by atoms with Gasteiger partial charge in [-0.05, 0) is 12.1 Å². The number of carbonyl (C=O) groups excluding carboxylic acids is 1. The summed E-state index contributed by atoms with van der Waals surface area (Å²) in [6, 6.07) is 2.45. The average Bonchev–Trinajstić information content (AvgIpc) is 2.80. The Morgan fingerprint density at radius 1 is 1.33 bits per heavy atom. The fourth-order valence-electron chi connectivity index (χ4n) is 2.22. The van der Waals surface area contributed by atoms with Crippen LogP contribution in [0.25, 0.3) is 11.1 Å². The van der Waals surface area contributed by atoms with Crippen molar-refractivity contribution >= 4 is 21.8 Å². The Bertz CT molecular complexity index is 917. The lowest BCUT2D eigenvalue weighted by Gasteiger charge is -2.18. The van der Waals surface area contributed by atoms with Gasteiger partial charge in [0.2, 0.25) is 0 Å². The van der Waals surface area contributed by atoms with Crippen molar-refractivity contribution < 1.29 is 27.4 Å². The Hall–Kier alpha value is -2.95. The number of ether oxygens (including phenoxy) is 1. The maximum atomic E-state index is 14.8. The van der Waals surface area contributed by atoms with Crippen LogP contribution in [0, 0.1) is 5.82 Å². The summed E-state index contributed by atoms with van der Waals surface area (Å²) in [5, 5.41) is 9.89. The number of carbonyl (C=O) groups is 1. The lowest BCUT2D eigenvalue weighted by Crippen LogP contribution is -2.30. The molecule has 3 rings (SSSR count). The van der Waals surface area contributed by atoms with E-state index in [9.17, 15) is 22.7 Å². The zero-order valence-electron chi connectivity index (χ0n) is 12.2. The number of rotatable bonds is 3. The maximum Gasteiger partial charge on any atom is 0.326 e. The van der Waals surface area contributed by atoms with Gasteiger partial charge < -0.3 is 9.84 Å². The van der Waals surface area contributed by atoms with Crippen molar-refractivity contribution in [2.45, 2.75) is 0 Å². The normalized spacial score (nSPS) is 16.1. The second-order valence-corrected chi connectivity index (χ2v) is 6.39. The minimum absolute atomic E-state index is 0.0417. The van der Waals surface area contributed by atoms with Crippen LogP contribution in [0.5, 0.6) is 11.8 Å². The Morgan fingerprint density at radius 2 is 2.00 bits per heavy atom. The topological polar surface area (TPSA) is 122 Å². The van der Waals surface area contributed by atoms with Crippen LogP contribution in [-0.4, -0.2) is 43.1 Å². The molecule has 1 aromatic carbocycles. The molecule has 1 aliphatic rings. The first-order chi connectivity index (χ1) is 11.3. The van der Waals surface area contributed by atoms with Gasteiger partial charge in [0.05, 0.1) is 7.11 Å². The highest BCUT2D eigenvalue weighted by Gasteiger charge is 2.38. The second-order valence-electron chi connectivity index (χ2n) is 4.79. The minimum Gasteiger partial charge on any atom is -0.506 e. The van der Waals surface area contributed by atoms with Gasteiger partial charge in [0, 0.05) is 23.5 Å². The van der Waals surface area contributed by atoms with E-state index < -0.39 is 39.9 Å². The number of phenolic OH excluding ortho intramolecular Hbond substituents is 1. The third-order valence-electron chi connectivity index (χ3n) is 3.29. The molecule has 9 nitrogen and oxygen atoms in total. The van der Waals surface area contributed by atoms with Gasteiger partial charge in [0.1, 0.15) is 18.0 Å². The third-order valence-corrected chi connectivity index (χ3v) is 4.66. The van der Waals surface area contributed by atoms with Crippen molar-refractivity contribution in [3.05, 3.63) is 30.3 Å². The van der Waals surface area contributed by atoms with E-state index in [1.807, 2.05) is 0 Å². The molecule has 0 radical (unpaired) electrons. The number of hydrogen-bond donors (Lipinski definition) is 2. The van der Waals surface area contributed by atoms with Gasteiger partial charge in [-0.25, -0.2) is 23.4 Å². The molecule has 126 valence electrons. The first-order valence-corrected chi connectivity index (χ1v) is 7.98. The molecule has 0 spiro atoms. The Morgan fingerprint density at radius 3 is 2.54 bits per heavy atom. The van der Waals surface area contributed by atoms with Crippen molar-refractivity contribution in [1.82, 2.24) is 14.7 Å². The standard InChI is InChI=1S/C13H11FN4O5S/c1-23-13-15-4-7(5-16-13)8-2-3-9(19)12(11(8)14)18-6-10(20)17-24(18,21)22/h2-5,19H,6H2,1H3,(H,17,20). The summed E-state index contributed by atoms with van der Waals surface area (Å²) < 4.78 is 45.6. The predicted molar refractivity (Wildman–Crippen MR) is 80.1 cm³/mol. The molecule has 0 aliphatic carbocycles. The third kappa shape index (κ3) is 2.58. The molecule has 24 heavy (non-hydrogen) atoms. The molecule has 1 saturated heterocycles. The molecule has 2 aromatic rings. The number of nitrogens with zero attached hydrogens (tertiary/aromatic N) is 3. The van der Waals surface area contributed by atoms with Gasteiger partial charge in [-0.1, -0.05) is 0 Å². The smallest absolute Gasteiger partial charge is 0.326 e. The molecule has 2 heterocycles. The molecule has 1 aliphatic heterocycles. The van der Waals surface area contributed by atoms with Crippen LogP contribution in [0.15, 0.2) is 24.5 Å². The van der Waals surface area contributed by atoms with Crippen LogP contribution in [0.2, 0.25) is 0 Å². The molecular formula is C13H11FN4O5S. The van der Waals surface area contributed by atoms with Crippen molar-refractivity contribution in [3.63, 3.8) is 0 Å². The molecule has 0 saturated carbocycles. The van der Waals surface area contributed by atoms with Crippen molar-refractivity contribution in [1.29, 1.82) is 0 Å². The van der Waals surface area contributed by atoms with Crippen molar-refractivity contribution in [3.8, 4) is 22.9 Å². The van der Waals surface area contributed by atoms with Gasteiger partial charge in [0.15, 0.2) is 5.82 Å². The van der Waals surface area contributed by atoms with Crippen LogP contribution in [0.4, 0.5) is 10.1 Å². The number of methoxy groups -OCH3 is 1. The number of benzene rings is 1. The van der Waals surface area contributed by atoms with Gasteiger partial charge in [-0.2, -0.15) is 8.42 Å². The number of hydrogen-bond acceptors (Lipinski definition) is 7. The van der Waals surface area contributed by atoms with E-state index in [4.69, 9.17) is 4.74 Å². The molecule has 0 atom stereocenters. The molecular weight excluding hydrogens is 343 g/mol. The molecule has 1 aromatic heterocycles. The molecule has 1 amide bonds. The summed E-state index contributed by atoms with van der Waals surface area (Å²) in [7, 11) is -2.89. The summed E-state index contributed by atoms with van der Waals surface area (Å²) in [6.45, 7) is -0.630. The van der Waals surface area contributed by atoms with E-state index in [1.54, 1.807) is 4.72 Å². The minimum atomic E-state index is -4.26. The van der Waals surface area contributed by atoms with E-state index >= 15 is 0 Å². The van der Waals surface area contributed by atoms with E-state index in [-0.39, 0.29) is 17.1 Å². The Balaban J connectivity index is 2.13. The highest BCUT2D eigenvalue weighted by Crippen LogP contribution is 2.38. The predicted octanol–water partition coefficient (Wildman–Crippen LogP) is 0.178. The number of phenols is 1. The summed E-state index contributed by atoms with van der Waals surface area (Å²) >= 11 is 0. The largest absolute Gasteiger partial charge is 0.506 e. The zero-order valence-corrected chi connectivity index (χ0v) is 13.0. The number of aromatic nitrogens is 2. The molecule has 11 heteroatoms. The highest BCUT2D eigenvalue weighted by molar-refractivity contribution is 7.92. The SMILES string of the molecule is COc1ncc(-c2ccc(O)c(N3CC(=O)NS3(=O)=O)c2F)cn1. The fraction of sp³-hybridized carbons (Fsp3) is 0.154. The number of anilines is 1. The summed E-state index contributed by atoms with van der Waals surface area (Å²) in [5.74, 6) is -2.47. The number of aromatic hydroxyl groups is 1. The number of halogens is 1. The summed E-state index contributed by atoms with van der Waals surface area (Å²) in [6.07, 6.45) is 2.57. The van der Waals surface area contributed by atoms with Crippen LogP contribution >= 0.6 is 0 Å². The maximum absolute atomic E-state index is 14.8. The van der Waals surface area contributed by atoms with Gasteiger partial charge in [0.25, 0.3) is 5.91 Å². The number of nitrogens with one attached hydrogen (secondary N) is 1. The Kier molecular flexibility index (Phi) is 3.72. The number of amides is 1. The van der Waals surface area contributed by atoms with Crippen LogP contribution in [0.1, 0.15) is 0 Å². The van der Waals surface area contributed by atoms with Gasteiger partial charge >= 0.3 is 16.2 Å². The first-order valence-electron chi connectivity index (χ1n) is 6.54. The van der Waals surface area contributed by atoms with E-state index in [0.29, 0.717) is 4.31 Å². The first kappa shape index (κ1) is 15.9. The van der Waals surface area contributed by atoms with Crippen LogP contribution < -0.4 is 13.8 Å². The van der Waals surface area contributed by atoms with Gasteiger partial charge in [-0.15, -0.1) is 0 Å². The molecule has 0 bridgehead atoms. The second kappa shape index (κ2) is 5.60. The van der Waals surface area contributed by atoms with Crippen LogP contribution in [0.3, 0.4) is 0 Å². The van der Waals surface area contributed by atoms with E-state index in [2.05, 4.69) is 9.97 Å². The molecule has 1 fully saturated rings. The lowest BCUT2D eigenvalue weighted by atomic mass is 10.1. The monoisotopic (exact) mass is 354 g/mol. The van der Waals surface area contributed by atoms with E-state index in [1.165, 1.54) is 25.6 Å². The van der Waals surface area contributed by atoms with Crippen molar-refractivity contribution in [2.24, 2.45) is 0 Å². The van der Waals surface area contributed by atoms with Crippen LogP contribution in [-0.2, 0) is 15.0 Å².